The average Bonchev–Trinajstić information content (AvgIpc) is 3.24. The van der Waals surface area contributed by atoms with Gasteiger partial charge in [-0.1, -0.05) is 46.3 Å². The Morgan fingerprint density at radius 3 is 2.69 bits per heavy atom. The van der Waals surface area contributed by atoms with Gasteiger partial charge in [0.05, 0.1) is 5.57 Å². The first kappa shape index (κ1) is 20.8. The van der Waals surface area contributed by atoms with E-state index in [0.717, 1.165) is 34.1 Å². The van der Waals surface area contributed by atoms with Crippen molar-refractivity contribution in [2.75, 3.05) is 6.79 Å². The molecule has 2 aromatic carbocycles. The van der Waals surface area contributed by atoms with Gasteiger partial charge in [0.1, 0.15) is 6.61 Å². The molecule has 0 unspecified atom stereocenters. The van der Waals surface area contributed by atoms with Gasteiger partial charge in [-0.15, -0.1) is 0 Å². The predicted molar refractivity (Wildman–Crippen MR) is 121 cm³/mol. The van der Waals surface area contributed by atoms with Crippen LogP contribution in [-0.2, 0) is 20.9 Å². The second-order valence-electron chi connectivity index (χ2n) is 8.05. The molecule has 0 amide bonds. The Morgan fingerprint density at radius 2 is 1.91 bits per heavy atom. The predicted octanol–water partition coefficient (Wildman–Crippen LogP) is 4.89. The van der Waals surface area contributed by atoms with Gasteiger partial charge in [-0.25, -0.2) is 4.79 Å². The minimum Gasteiger partial charge on any atom is -0.457 e. The largest absolute Gasteiger partial charge is 0.457 e. The van der Waals surface area contributed by atoms with Crippen LogP contribution >= 0.6 is 15.9 Å². The van der Waals surface area contributed by atoms with E-state index in [1.165, 1.54) is 0 Å². The van der Waals surface area contributed by atoms with Gasteiger partial charge in [0.2, 0.25) is 6.79 Å². The zero-order chi connectivity index (χ0) is 22.2. The van der Waals surface area contributed by atoms with E-state index in [2.05, 4.69) is 21.2 Å². The van der Waals surface area contributed by atoms with E-state index in [-0.39, 0.29) is 19.2 Å². The maximum Gasteiger partial charge on any atom is 0.337 e. The van der Waals surface area contributed by atoms with Crippen LogP contribution < -0.4 is 14.8 Å². The fraction of sp³-hybridized carbons (Fsp3) is 0.280. The molecule has 0 radical (unpaired) electrons. The van der Waals surface area contributed by atoms with Gasteiger partial charge in [-0.3, -0.25) is 4.79 Å². The van der Waals surface area contributed by atoms with Gasteiger partial charge in [-0.2, -0.15) is 0 Å². The molecule has 7 heteroatoms. The lowest BCUT2D eigenvalue weighted by Gasteiger charge is -2.34. The van der Waals surface area contributed by atoms with Crippen molar-refractivity contribution in [1.82, 2.24) is 5.32 Å². The molecule has 2 aromatic rings. The summed E-state index contributed by atoms with van der Waals surface area (Å²) >= 11 is 3.63. The van der Waals surface area contributed by atoms with Crippen molar-refractivity contribution in [3.63, 3.8) is 0 Å². The van der Waals surface area contributed by atoms with Crippen molar-refractivity contribution in [1.29, 1.82) is 0 Å². The van der Waals surface area contributed by atoms with Gasteiger partial charge >= 0.3 is 5.97 Å². The maximum atomic E-state index is 13.4. The molecule has 0 fully saturated rings. The van der Waals surface area contributed by atoms with E-state index in [9.17, 15) is 9.59 Å². The van der Waals surface area contributed by atoms with Crippen molar-refractivity contribution in [2.24, 2.45) is 0 Å². The zero-order valence-corrected chi connectivity index (χ0v) is 19.2. The smallest absolute Gasteiger partial charge is 0.337 e. The van der Waals surface area contributed by atoms with Crippen molar-refractivity contribution in [2.45, 2.75) is 38.7 Å². The number of esters is 1. The van der Waals surface area contributed by atoms with Crippen LogP contribution in [0.1, 0.15) is 43.2 Å². The number of ketones is 1. The molecule has 32 heavy (non-hydrogen) atoms. The number of carbonyl (C=O) groups excluding carboxylic acids is 2. The standard InChI is InChI=1S/C25H22BrNO5/c1-14-22(25(29)30-12-15-6-3-2-4-7-15)23(24-18(27-14)8-5-9-19(24)28)16-10-20-21(11-17(16)26)32-13-31-20/h2-4,6-7,10-11,23,27H,5,8-9,12-13H2,1H3/t23-/m0/s1. The Labute approximate surface area is 194 Å². The topological polar surface area (TPSA) is 73.9 Å². The SMILES string of the molecule is CC1=C(C(=O)OCc2ccccc2)[C@H](c2cc3c(cc2Br)OCO3)C2=C(CCCC2=O)N1. The molecule has 1 atom stereocenters. The molecule has 0 spiro atoms. The van der Waals surface area contributed by atoms with E-state index >= 15 is 0 Å². The Hall–Kier alpha value is -3.06. The van der Waals surface area contributed by atoms with Gasteiger partial charge in [0, 0.05) is 33.8 Å². The minimum atomic E-state index is -0.550. The van der Waals surface area contributed by atoms with Gasteiger partial charge in [-0.05, 0) is 43.0 Å². The van der Waals surface area contributed by atoms with Crippen LogP contribution in [0.5, 0.6) is 11.5 Å². The Bertz CT molecular complexity index is 1170. The van der Waals surface area contributed by atoms with Crippen molar-refractivity contribution < 1.29 is 23.8 Å². The highest BCUT2D eigenvalue weighted by molar-refractivity contribution is 9.10. The number of rotatable bonds is 4. The summed E-state index contributed by atoms with van der Waals surface area (Å²) in [5.41, 5.74) is 4.34. The summed E-state index contributed by atoms with van der Waals surface area (Å²) in [7, 11) is 0. The highest BCUT2D eigenvalue weighted by atomic mass is 79.9. The molecule has 2 heterocycles. The second-order valence-corrected chi connectivity index (χ2v) is 8.91. The number of halogens is 1. The molecule has 6 nitrogen and oxygen atoms in total. The maximum absolute atomic E-state index is 13.4. The first-order valence-electron chi connectivity index (χ1n) is 10.6. The molecule has 5 rings (SSSR count). The summed E-state index contributed by atoms with van der Waals surface area (Å²) in [5.74, 6) is 0.285. The van der Waals surface area contributed by atoms with Crippen LogP contribution in [0.25, 0.3) is 0 Å². The van der Waals surface area contributed by atoms with Crippen LogP contribution in [0, 0.1) is 0 Å². The van der Waals surface area contributed by atoms with Crippen LogP contribution in [-0.4, -0.2) is 18.5 Å². The summed E-state index contributed by atoms with van der Waals surface area (Å²) < 4.78 is 17.5. The zero-order valence-electron chi connectivity index (χ0n) is 17.6. The van der Waals surface area contributed by atoms with E-state index < -0.39 is 11.9 Å². The molecule has 1 N–H and O–H groups in total. The number of Topliss-reactive ketones (excluding diaryl/α,β-unsaturated/α-hetero) is 1. The summed E-state index contributed by atoms with van der Waals surface area (Å²) in [4.78, 5) is 26.4. The summed E-state index contributed by atoms with van der Waals surface area (Å²) in [6, 6.07) is 13.2. The number of ether oxygens (including phenoxy) is 3. The lowest BCUT2D eigenvalue weighted by atomic mass is 9.75. The van der Waals surface area contributed by atoms with E-state index in [0.29, 0.717) is 34.8 Å². The molecular formula is C25H22BrNO5. The number of allylic oxidation sites excluding steroid dienone is 3. The Kier molecular flexibility index (Phi) is 5.51. The van der Waals surface area contributed by atoms with Crippen molar-refractivity contribution in [3.8, 4) is 11.5 Å². The summed E-state index contributed by atoms with van der Waals surface area (Å²) in [6.45, 7) is 2.16. The Morgan fingerprint density at radius 1 is 1.16 bits per heavy atom. The minimum absolute atomic E-state index is 0.0502. The van der Waals surface area contributed by atoms with Crippen molar-refractivity contribution in [3.05, 3.63) is 80.6 Å². The average molecular weight is 496 g/mol. The molecule has 0 bridgehead atoms. The monoisotopic (exact) mass is 495 g/mol. The van der Waals surface area contributed by atoms with Crippen molar-refractivity contribution >= 4 is 27.7 Å². The highest BCUT2D eigenvalue weighted by Gasteiger charge is 2.40. The fourth-order valence-corrected chi connectivity index (χ4v) is 5.07. The molecule has 3 aliphatic rings. The first-order valence-corrected chi connectivity index (χ1v) is 11.4. The molecule has 0 aromatic heterocycles. The summed E-state index contributed by atoms with van der Waals surface area (Å²) in [5, 5.41) is 3.32. The quantitative estimate of drug-likeness (QED) is 0.608. The van der Waals surface area contributed by atoms with E-state index in [1.807, 2.05) is 49.4 Å². The van der Waals surface area contributed by atoms with Gasteiger partial charge in [0.25, 0.3) is 0 Å². The third kappa shape index (κ3) is 3.71. The number of hydrogen-bond donors (Lipinski definition) is 1. The number of fused-ring (bicyclic) bond motifs is 1. The lowest BCUT2D eigenvalue weighted by Crippen LogP contribution is -2.34. The molecule has 0 saturated carbocycles. The number of carbonyl (C=O) groups is 2. The number of benzene rings is 2. The number of dihydropyridines is 1. The fourth-order valence-electron chi connectivity index (χ4n) is 4.52. The highest BCUT2D eigenvalue weighted by Crippen LogP contribution is 2.48. The molecule has 0 saturated heterocycles. The third-order valence-corrected chi connectivity index (χ3v) is 6.70. The van der Waals surface area contributed by atoms with Gasteiger partial charge < -0.3 is 19.5 Å². The van der Waals surface area contributed by atoms with E-state index in [1.54, 1.807) is 0 Å². The van der Waals surface area contributed by atoms with Crippen LogP contribution in [0.4, 0.5) is 0 Å². The van der Waals surface area contributed by atoms with Crippen LogP contribution in [0.15, 0.2) is 69.5 Å². The number of nitrogens with one attached hydrogen (secondary N) is 1. The normalized spacial score (nSPS) is 19.6. The number of hydrogen-bond acceptors (Lipinski definition) is 6. The van der Waals surface area contributed by atoms with E-state index in [4.69, 9.17) is 14.2 Å². The second kappa shape index (κ2) is 8.47. The summed E-state index contributed by atoms with van der Waals surface area (Å²) in [6.07, 6.45) is 2.02. The molecule has 164 valence electrons. The molecule has 2 aliphatic heterocycles. The van der Waals surface area contributed by atoms with Gasteiger partial charge in [0.15, 0.2) is 17.3 Å². The van der Waals surface area contributed by atoms with Crippen LogP contribution in [0.2, 0.25) is 0 Å². The Balaban J connectivity index is 1.57. The third-order valence-electron chi connectivity index (χ3n) is 6.01. The molecule has 1 aliphatic carbocycles. The molecular weight excluding hydrogens is 474 g/mol. The first-order chi connectivity index (χ1) is 15.5. The van der Waals surface area contributed by atoms with Crippen LogP contribution in [0.3, 0.4) is 0 Å². The lowest BCUT2D eigenvalue weighted by molar-refractivity contribution is -0.140.